The van der Waals surface area contributed by atoms with Crippen LogP contribution in [0.4, 0.5) is 0 Å². The Balaban J connectivity index is 1.29. The molecule has 34 heavy (non-hydrogen) atoms. The number of piperidine rings is 3. The van der Waals surface area contributed by atoms with Crippen molar-refractivity contribution in [2.24, 2.45) is 11.7 Å². The summed E-state index contributed by atoms with van der Waals surface area (Å²) in [6, 6.07) is 15.4. The van der Waals surface area contributed by atoms with Gasteiger partial charge in [-0.2, -0.15) is 0 Å². The Morgan fingerprint density at radius 3 is 2.12 bits per heavy atom. The molecule has 3 aromatic rings. The third-order valence-corrected chi connectivity index (χ3v) is 7.87. The molecule has 4 heterocycles. The van der Waals surface area contributed by atoms with Crippen LogP contribution in [-0.2, 0) is 14.3 Å². The van der Waals surface area contributed by atoms with Crippen molar-refractivity contribution in [3.8, 4) is 11.1 Å². The lowest BCUT2D eigenvalue weighted by molar-refractivity contribution is -0.965. The standard InChI is InChI=1S/C26H25N5O3/c27-24(32)23(25-29-14-28-15-30-25)31-11-9-16(10-12-31)21(13-31)34-26(33)22-19-7-3-1-5-17(19)18-6-2-4-8-20(18)22/h1-8,14-16,21-23H,9-13H2,(H-,27,32)/p+1/t16?,21-,23?,31?/m0/s1. The normalized spacial score (nSPS) is 25.9. The minimum Gasteiger partial charge on any atom is -0.455 e. The number of nitrogens with zero attached hydrogens (tertiary/aromatic N) is 4. The molecule has 8 heteroatoms. The van der Waals surface area contributed by atoms with Gasteiger partial charge in [0.2, 0.25) is 6.04 Å². The van der Waals surface area contributed by atoms with Gasteiger partial charge in [0.05, 0.1) is 13.1 Å². The van der Waals surface area contributed by atoms with E-state index >= 15 is 0 Å². The van der Waals surface area contributed by atoms with Gasteiger partial charge in [-0.15, -0.1) is 0 Å². The fourth-order valence-corrected chi connectivity index (χ4v) is 6.32. The van der Waals surface area contributed by atoms with E-state index in [1.807, 2.05) is 36.4 Å². The minimum absolute atomic E-state index is 0.231. The molecule has 1 unspecified atom stereocenters. The predicted molar refractivity (Wildman–Crippen MR) is 123 cm³/mol. The van der Waals surface area contributed by atoms with Crippen LogP contribution in [-0.4, -0.2) is 57.0 Å². The van der Waals surface area contributed by atoms with Crippen molar-refractivity contribution in [1.82, 2.24) is 15.0 Å². The summed E-state index contributed by atoms with van der Waals surface area (Å²) in [6.07, 6.45) is 4.23. The van der Waals surface area contributed by atoms with Crippen molar-refractivity contribution < 1.29 is 18.8 Å². The van der Waals surface area contributed by atoms with E-state index in [0.717, 1.165) is 48.2 Å². The summed E-state index contributed by atoms with van der Waals surface area (Å²) >= 11 is 0. The van der Waals surface area contributed by atoms with Gasteiger partial charge in [-0.25, -0.2) is 15.0 Å². The number of fused-ring (bicyclic) bond motifs is 6. The first kappa shape index (κ1) is 20.9. The molecule has 3 saturated heterocycles. The van der Waals surface area contributed by atoms with Gasteiger partial charge >= 0.3 is 5.97 Å². The number of nitrogens with two attached hydrogens (primary N) is 1. The molecule has 172 valence electrons. The Labute approximate surface area is 197 Å². The second-order valence-electron chi connectivity index (χ2n) is 9.57. The SMILES string of the molecule is NC(=O)C(c1ncncn1)[N+]12CCC(CC1)[C@@H](OC(=O)C1c3ccccc3-c3ccccc31)C2. The summed E-state index contributed by atoms with van der Waals surface area (Å²) in [5.41, 5.74) is 10.0. The molecule has 0 spiro atoms. The average Bonchev–Trinajstić information content (AvgIpc) is 3.20. The van der Waals surface area contributed by atoms with E-state index < -0.39 is 17.9 Å². The zero-order chi connectivity index (χ0) is 23.3. The Hall–Kier alpha value is -3.65. The van der Waals surface area contributed by atoms with Crippen LogP contribution in [0.1, 0.15) is 41.8 Å². The number of primary amides is 1. The molecular weight excluding hydrogens is 430 g/mol. The molecule has 0 radical (unpaired) electrons. The molecule has 7 rings (SSSR count). The number of esters is 1. The highest BCUT2D eigenvalue weighted by Crippen LogP contribution is 2.47. The van der Waals surface area contributed by atoms with E-state index in [1.165, 1.54) is 12.7 Å². The highest BCUT2D eigenvalue weighted by atomic mass is 16.5. The largest absolute Gasteiger partial charge is 0.455 e. The van der Waals surface area contributed by atoms with Crippen molar-refractivity contribution in [2.45, 2.75) is 30.9 Å². The van der Waals surface area contributed by atoms with Crippen molar-refractivity contribution in [1.29, 1.82) is 0 Å². The van der Waals surface area contributed by atoms with Crippen LogP contribution in [0.25, 0.3) is 11.1 Å². The van der Waals surface area contributed by atoms with Crippen LogP contribution in [0.3, 0.4) is 0 Å². The quantitative estimate of drug-likeness (QED) is 0.466. The molecule has 2 N–H and O–H groups in total. The van der Waals surface area contributed by atoms with E-state index in [9.17, 15) is 9.59 Å². The lowest BCUT2D eigenvalue weighted by Gasteiger charge is -2.54. The topological polar surface area (TPSA) is 108 Å². The predicted octanol–water partition coefficient (Wildman–Crippen LogP) is 2.36. The van der Waals surface area contributed by atoms with Crippen molar-refractivity contribution in [3.05, 3.63) is 78.1 Å². The van der Waals surface area contributed by atoms with Gasteiger partial charge in [0.1, 0.15) is 25.1 Å². The maximum Gasteiger partial charge on any atom is 0.318 e. The van der Waals surface area contributed by atoms with Gasteiger partial charge in [0.15, 0.2) is 11.9 Å². The molecule has 1 amide bonds. The number of quaternary nitrogens is 1. The van der Waals surface area contributed by atoms with Crippen molar-refractivity contribution in [3.63, 3.8) is 0 Å². The summed E-state index contributed by atoms with van der Waals surface area (Å²) < 4.78 is 6.68. The van der Waals surface area contributed by atoms with Gasteiger partial charge in [-0.3, -0.25) is 9.59 Å². The van der Waals surface area contributed by atoms with Crippen LogP contribution >= 0.6 is 0 Å². The average molecular weight is 457 g/mol. The van der Waals surface area contributed by atoms with Crippen LogP contribution in [0.15, 0.2) is 61.2 Å². The number of amides is 1. The summed E-state index contributed by atoms with van der Waals surface area (Å²) in [4.78, 5) is 38.6. The number of carbonyl (C=O) groups is 2. The Kier molecular flexibility index (Phi) is 4.91. The lowest BCUT2D eigenvalue weighted by Crippen LogP contribution is -2.67. The fourth-order valence-electron chi connectivity index (χ4n) is 6.32. The third-order valence-electron chi connectivity index (χ3n) is 7.87. The molecule has 3 aliphatic heterocycles. The lowest BCUT2D eigenvalue weighted by atomic mass is 9.81. The van der Waals surface area contributed by atoms with Gasteiger partial charge < -0.3 is 15.0 Å². The van der Waals surface area contributed by atoms with Crippen LogP contribution in [0.2, 0.25) is 0 Å². The van der Waals surface area contributed by atoms with Crippen molar-refractivity contribution >= 4 is 11.9 Å². The maximum atomic E-state index is 13.6. The van der Waals surface area contributed by atoms with Crippen molar-refractivity contribution in [2.75, 3.05) is 19.6 Å². The van der Waals surface area contributed by atoms with Gasteiger partial charge in [0.25, 0.3) is 5.91 Å². The summed E-state index contributed by atoms with van der Waals surface area (Å²) in [6.45, 7) is 2.10. The van der Waals surface area contributed by atoms with E-state index in [0.29, 0.717) is 16.9 Å². The van der Waals surface area contributed by atoms with Gasteiger partial charge in [-0.1, -0.05) is 48.5 Å². The van der Waals surface area contributed by atoms with E-state index in [4.69, 9.17) is 10.5 Å². The fraction of sp³-hybridized carbons (Fsp3) is 0.346. The second kappa shape index (κ2) is 7.99. The zero-order valence-electron chi connectivity index (χ0n) is 18.7. The highest BCUT2D eigenvalue weighted by molar-refractivity contribution is 5.93. The van der Waals surface area contributed by atoms with E-state index in [1.54, 1.807) is 0 Å². The number of rotatable bonds is 5. The number of benzene rings is 2. The third kappa shape index (κ3) is 3.20. The number of ether oxygens (including phenoxy) is 1. The zero-order valence-corrected chi connectivity index (χ0v) is 18.7. The molecule has 4 aliphatic rings. The molecule has 3 fully saturated rings. The monoisotopic (exact) mass is 456 g/mol. The smallest absolute Gasteiger partial charge is 0.318 e. The van der Waals surface area contributed by atoms with E-state index in [2.05, 4.69) is 27.1 Å². The van der Waals surface area contributed by atoms with Crippen LogP contribution in [0, 0.1) is 5.92 Å². The first-order chi connectivity index (χ1) is 16.6. The summed E-state index contributed by atoms with van der Waals surface area (Å²) in [5.74, 6) is -0.471. The molecule has 2 aromatic carbocycles. The maximum absolute atomic E-state index is 13.6. The first-order valence-electron chi connectivity index (χ1n) is 11.7. The molecule has 1 aliphatic carbocycles. The molecule has 1 aromatic heterocycles. The second-order valence-corrected chi connectivity index (χ2v) is 9.57. The molecule has 8 nitrogen and oxygen atoms in total. The Morgan fingerprint density at radius 1 is 0.941 bits per heavy atom. The number of aromatic nitrogens is 3. The number of hydrogen-bond donors (Lipinski definition) is 1. The number of carbonyl (C=O) groups excluding carboxylic acids is 2. The summed E-state index contributed by atoms with van der Waals surface area (Å²) in [7, 11) is 0. The molecule has 2 bridgehead atoms. The summed E-state index contributed by atoms with van der Waals surface area (Å²) in [5, 5.41) is 0. The van der Waals surface area contributed by atoms with Crippen LogP contribution < -0.4 is 5.73 Å². The molecule has 0 saturated carbocycles. The van der Waals surface area contributed by atoms with E-state index in [-0.39, 0.29) is 18.0 Å². The highest BCUT2D eigenvalue weighted by Gasteiger charge is 2.55. The molecule has 2 atom stereocenters. The Bertz CT molecular complexity index is 1210. The first-order valence-corrected chi connectivity index (χ1v) is 11.7. The number of hydrogen-bond acceptors (Lipinski definition) is 6. The van der Waals surface area contributed by atoms with Crippen LogP contribution in [0.5, 0.6) is 0 Å². The molecular formula is C26H26N5O3+. The minimum atomic E-state index is -0.682. The van der Waals surface area contributed by atoms with Gasteiger partial charge in [0, 0.05) is 18.8 Å². The Morgan fingerprint density at radius 2 is 1.53 bits per heavy atom. The van der Waals surface area contributed by atoms with Gasteiger partial charge in [-0.05, 0) is 22.3 Å².